The Morgan fingerprint density at radius 2 is 1.72 bits per heavy atom. The van der Waals surface area contributed by atoms with E-state index in [4.69, 9.17) is 27.9 Å². The highest BCUT2D eigenvalue weighted by Crippen LogP contribution is 2.33. The molecule has 132 valence electrons. The molecule has 1 heterocycles. The zero-order chi connectivity index (χ0) is 17.8. The number of methoxy groups -OCH3 is 1. The summed E-state index contributed by atoms with van der Waals surface area (Å²) in [4.78, 5) is 14.7. The van der Waals surface area contributed by atoms with Gasteiger partial charge >= 0.3 is 0 Å². The van der Waals surface area contributed by atoms with Crippen LogP contribution in [0.3, 0.4) is 0 Å². The number of rotatable bonds is 5. The Bertz CT molecular complexity index is 734. The van der Waals surface area contributed by atoms with Gasteiger partial charge in [0, 0.05) is 30.9 Å². The predicted octanol–water partition coefficient (Wildman–Crippen LogP) is 4.53. The van der Waals surface area contributed by atoms with Crippen LogP contribution in [0.15, 0.2) is 36.4 Å². The SMILES string of the molecule is COc1c(Cl)cc(C(=O)NCc2ccc(N3CCCC3)cc2)cc1Cl. The lowest BCUT2D eigenvalue weighted by molar-refractivity contribution is 0.0951. The van der Waals surface area contributed by atoms with Gasteiger partial charge in [-0.3, -0.25) is 4.79 Å². The molecule has 0 saturated carbocycles. The van der Waals surface area contributed by atoms with Crippen molar-refractivity contribution in [3.63, 3.8) is 0 Å². The minimum atomic E-state index is -0.227. The van der Waals surface area contributed by atoms with Crippen molar-refractivity contribution in [2.24, 2.45) is 0 Å². The summed E-state index contributed by atoms with van der Waals surface area (Å²) in [6.45, 7) is 2.69. The summed E-state index contributed by atoms with van der Waals surface area (Å²) < 4.78 is 5.09. The standard InChI is InChI=1S/C19H20Cl2N2O2/c1-25-18-16(20)10-14(11-17(18)21)19(24)22-12-13-4-6-15(7-5-13)23-8-2-3-9-23/h4-7,10-11H,2-3,8-9,12H2,1H3,(H,22,24). The maximum absolute atomic E-state index is 12.3. The Labute approximate surface area is 157 Å². The molecule has 0 atom stereocenters. The van der Waals surface area contributed by atoms with Crippen LogP contribution in [0.4, 0.5) is 5.69 Å². The van der Waals surface area contributed by atoms with Gasteiger partial charge in [-0.15, -0.1) is 0 Å². The lowest BCUT2D eigenvalue weighted by Crippen LogP contribution is -2.23. The van der Waals surface area contributed by atoms with Gasteiger partial charge in [0.2, 0.25) is 0 Å². The zero-order valence-corrected chi connectivity index (χ0v) is 15.5. The van der Waals surface area contributed by atoms with Crippen LogP contribution in [0, 0.1) is 0 Å². The number of hydrogen-bond acceptors (Lipinski definition) is 3. The smallest absolute Gasteiger partial charge is 0.251 e. The van der Waals surface area contributed by atoms with Crippen LogP contribution in [-0.2, 0) is 6.54 Å². The monoisotopic (exact) mass is 378 g/mol. The fourth-order valence-electron chi connectivity index (χ4n) is 2.97. The highest BCUT2D eigenvalue weighted by Gasteiger charge is 2.14. The lowest BCUT2D eigenvalue weighted by atomic mass is 10.1. The second kappa shape index (κ2) is 7.98. The summed E-state index contributed by atoms with van der Waals surface area (Å²) in [6, 6.07) is 11.4. The summed E-state index contributed by atoms with van der Waals surface area (Å²) in [5, 5.41) is 3.52. The van der Waals surface area contributed by atoms with E-state index < -0.39 is 0 Å². The van der Waals surface area contributed by atoms with Crippen molar-refractivity contribution in [1.82, 2.24) is 5.32 Å². The molecule has 0 radical (unpaired) electrons. The van der Waals surface area contributed by atoms with Crippen LogP contribution in [0.1, 0.15) is 28.8 Å². The number of benzene rings is 2. The maximum Gasteiger partial charge on any atom is 0.251 e. The molecule has 0 bridgehead atoms. The van der Waals surface area contributed by atoms with Crippen molar-refractivity contribution in [1.29, 1.82) is 0 Å². The summed E-state index contributed by atoms with van der Waals surface area (Å²) in [5.74, 6) is 0.146. The van der Waals surface area contributed by atoms with Crippen molar-refractivity contribution < 1.29 is 9.53 Å². The number of nitrogens with zero attached hydrogens (tertiary/aromatic N) is 1. The zero-order valence-electron chi connectivity index (χ0n) is 14.0. The number of halogens is 2. The molecule has 2 aromatic rings. The average molecular weight is 379 g/mol. The summed E-state index contributed by atoms with van der Waals surface area (Å²) in [7, 11) is 1.48. The Morgan fingerprint density at radius 3 is 2.28 bits per heavy atom. The molecule has 25 heavy (non-hydrogen) atoms. The number of ether oxygens (including phenoxy) is 1. The summed E-state index contributed by atoms with van der Waals surface area (Å²) in [6.07, 6.45) is 2.51. The van der Waals surface area contributed by atoms with Crippen molar-refractivity contribution in [3.8, 4) is 5.75 Å². The molecule has 0 spiro atoms. The molecule has 0 aromatic heterocycles. The van der Waals surface area contributed by atoms with Crippen LogP contribution in [0.5, 0.6) is 5.75 Å². The van der Waals surface area contributed by atoms with Gasteiger partial charge in [-0.05, 0) is 42.7 Å². The fraction of sp³-hybridized carbons (Fsp3) is 0.316. The number of amides is 1. The van der Waals surface area contributed by atoms with Gasteiger partial charge in [0.15, 0.2) is 5.75 Å². The Hall–Kier alpha value is -1.91. The van der Waals surface area contributed by atoms with Crippen molar-refractivity contribution in [2.45, 2.75) is 19.4 Å². The van der Waals surface area contributed by atoms with Gasteiger partial charge in [0.05, 0.1) is 17.2 Å². The van der Waals surface area contributed by atoms with E-state index in [2.05, 4.69) is 22.3 Å². The second-order valence-electron chi connectivity index (χ2n) is 6.02. The summed E-state index contributed by atoms with van der Waals surface area (Å²) in [5.41, 5.74) is 2.69. The first-order valence-corrected chi connectivity index (χ1v) is 8.99. The lowest BCUT2D eigenvalue weighted by Gasteiger charge is -2.17. The van der Waals surface area contributed by atoms with E-state index in [1.54, 1.807) is 12.1 Å². The molecule has 1 fully saturated rings. The molecule has 1 saturated heterocycles. The predicted molar refractivity (Wildman–Crippen MR) is 102 cm³/mol. The van der Waals surface area contributed by atoms with Gasteiger partial charge in [0.25, 0.3) is 5.91 Å². The Balaban J connectivity index is 1.62. The second-order valence-corrected chi connectivity index (χ2v) is 6.83. The van der Waals surface area contributed by atoms with Crippen LogP contribution in [0.25, 0.3) is 0 Å². The molecule has 3 rings (SSSR count). The third-order valence-electron chi connectivity index (χ3n) is 4.33. The van der Waals surface area contributed by atoms with Crippen molar-refractivity contribution in [2.75, 3.05) is 25.1 Å². The van der Waals surface area contributed by atoms with Crippen LogP contribution in [0.2, 0.25) is 10.0 Å². The topological polar surface area (TPSA) is 41.6 Å². The molecule has 1 amide bonds. The van der Waals surface area contributed by atoms with Crippen LogP contribution < -0.4 is 15.0 Å². The normalized spacial score (nSPS) is 13.8. The van der Waals surface area contributed by atoms with E-state index in [1.807, 2.05) is 12.1 Å². The van der Waals surface area contributed by atoms with Gasteiger partial charge in [-0.1, -0.05) is 35.3 Å². The molecular formula is C19H20Cl2N2O2. The molecule has 6 heteroatoms. The average Bonchev–Trinajstić information content (AvgIpc) is 3.14. The maximum atomic E-state index is 12.3. The number of nitrogens with one attached hydrogen (secondary N) is 1. The van der Waals surface area contributed by atoms with Crippen molar-refractivity contribution >= 4 is 34.8 Å². The van der Waals surface area contributed by atoms with Crippen LogP contribution >= 0.6 is 23.2 Å². The van der Waals surface area contributed by atoms with Crippen LogP contribution in [-0.4, -0.2) is 26.1 Å². The first kappa shape index (κ1) is 17.9. The molecule has 2 aromatic carbocycles. The fourth-order valence-corrected chi connectivity index (χ4v) is 3.61. The van der Waals surface area contributed by atoms with E-state index >= 15 is 0 Å². The molecule has 0 aliphatic carbocycles. The Kier molecular flexibility index (Phi) is 5.71. The summed E-state index contributed by atoms with van der Waals surface area (Å²) >= 11 is 12.2. The largest absolute Gasteiger partial charge is 0.494 e. The Morgan fingerprint density at radius 1 is 1.12 bits per heavy atom. The quantitative estimate of drug-likeness (QED) is 0.830. The molecule has 1 N–H and O–H groups in total. The highest BCUT2D eigenvalue weighted by molar-refractivity contribution is 6.37. The van der Waals surface area contributed by atoms with Gasteiger partial charge in [-0.25, -0.2) is 0 Å². The van der Waals surface area contributed by atoms with E-state index in [-0.39, 0.29) is 5.91 Å². The van der Waals surface area contributed by atoms with E-state index in [1.165, 1.54) is 25.6 Å². The first-order chi connectivity index (χ1) is 12.1. The number of carbonyl (C=O) groups is 1. The third-order valence-corrected chi connectivity index (χ3v) is 4.89. The molecule has 1 aliphatic rings. The van der Waals surface area contributed by atoms with Gasteiger partial charge in [-0.2, -0.15) is 0 Å². The number of anilines is 1. The third kappa shape index (κ3) is 4.20. The van der Waals surface area contributed by atoms with Gasteiger partial charge < -0.3 is 15.0 Å². The number of carbonyl (C=O) groups excluding carboxylic acids is 1. The van der Waals surface area contributed by atoms with E-state index in [0.717, 1.165) is 18.7 Å². The number of hydrogen-bond donors (Lipinski definition) is 1. The molecule has 1 aliphatic heterocycles. The molecule has 0 unspecified atom stereocenters. The highest BCUT2D eigenvalue weighted by atomic mass is 35.5. The molecular weight excluding hydrogens is 359 g/mol. The first-order valence-electron chi connectivity index (χ1n) is 8.23. The van der Waals surface area contributed by atoms with Gasteiger partial charge in [0.1, 0.15) is 0 Å². The minimum absolute atomic E-state index is 0.227. The van der Waals surface area contributed by atoms with E-state index in [9.17, 15) is 4.79 Å². The minimum Gasteiger partial charge on any atom is -0.494 e. The van der Waals surface area contributed by atoms with E-state index in [0.29, 0.717) is 27.9 Å². The molecule has 4 nitrogen and oxygen atoms in total. The van der Waals surface area contributed by atoms with Crippen molar-refractivity contribution in [3.05, 3.63) is 57.6 Å².